The summed E-state index contributed by atoms with van der Waals surface area (Å²) in [4.78, 5) is 0. The van der Waals surface area contributed by atoms with Crippen LogP contribution in [0.5, 0.6) is 0 Å². The van der Waals surface area contributed by atoms with E-state index in [0.717, 1.165) is 13.0 Å². The molecule has 0 spiro atoms. The van der Waals surface area contributed by atoms with Crippen molar-refractivity contribution in [2.45, 2.75) is 45.5 Å². The summed E-state index contributed by atoms with van der Waals surface area (Å²) in [5.41, 5.74) is 0. The highest BCUT2D eigenvalue weighted by Gasteiger charge is 2.35. The third-order valence-corrected chi connectivity index (χ3v) is 3.23. The molecule has 0 aromatic carbocycles. The van der Waals surface area contributed by atoms with Crippen molar-refractivity contribution in [3.63, 3.8) is 0 Å². The van der Waals surface area contributed by atoms with Gasteiger partial charge in [0.05, 0.1) is 18.3 Å². The number of hydrogen-bond acceptors (Lipinski definition) is 3. The molecular weight excluding hydrogens is 180 g/mol. The molecule has 1 aliphatic rings. The van der Waals surface area contributed by atoms with E-state index in [1.807, 2.05) is 0 Å². The van der Waals surface area contributed by atoms with E-state index in [4.69, 9.17) is 9.47 Å². The zero-order valence-electron chi connectivity index (χ0n) is 9.56. The van der Waals surface area contributed by atoms with Crippen LogP contribution in [0.4, 0.5) is 0 Å². The summed E-state index contributed by atoms with van der Waals surface area (Å²) in [6.45, 7) is 6.90. The molecular formula is C11H22O3. The van der Waals surface area contributed by atoms with Gasteiger partial charge in [0, 0.05) is 19.6 Å². The lowest BCUT2D eigenvalue weighted by molar-refractivity contribution is -0.0785. The van der Waals surface area contributed by atoms with Crippen LogP contribution >= 0.6 is 0 Å². The second-order valence-electron chi connectivity index (χ2n) is 4.40. The van der Waals surface area contributed by atoms with Crippen molar-refractivity contribution in [3.05, 3.63) is 0 Å². The van der Waals surface area contributed by atoms with Crippen LogP contribution in [0.15, 0.2) is 0 Å². The SMILES string of the molecule is CO[C@@H](C(C)C1OCCC1C)[C@@H](C)O. The van der Waals surface area contributed by atoms with Gasteiger partial charge in [0.25, 0.3) is 0 Å². The van der Waals surface area contributed by atoms with Gasteiger partial charge in [-0.05, 0) is 19.3 Å². The molecule has 1 saturated heterocycles. The van der Waals surface area contributed by atoms with Gasteiger partial charge < -0.3 is 14.6 Å². The number of aliphatic hydroxyl groups excluding tert-OH is 1. The van der Waals surface area contributed by atoms with Gasteiger partial charge in [-0.1, -0.05) is 13.8 Å². The van der Waals surface area contributed by atoms with E-state index < -0.39 is 6.10 Å². The Kier molecular flexibility index (Phi) is 4.35. The maximum atomic E-state index is 9.55. The van der Waals surface area contributed by atoms with Crippen LogP contribution in [-0.2, 0) is 9.47 Å². The number of methoxy groups -OCH3 is 1. The fourth-order valence-electron chi connectivity index (χ4n) is 2.43. The number of ether oxygens (including phenoxy) is 2. The Hall–Kier alpha value is -0.120. The van der Waals surface area contributed by atoms with Crippen LogP contribution in [0.25, 0.3) is 0 Å². The molecule has 3 unspecified atom stereocenters. The van der Waals surface area contributed by atoms with Crippen molar-refractivity contribution in [3.8, 4) is 0 Å². The largest absolute Gasteiger partial charge is 0.391 e. The molecule has 0 radical (unpaired) electrons. The van der Waals surface area contributed by atoms with E-state index in [1.165, 1.54) is 0 Å². The first-order chi connectivity index (χ1) is 6.57. The standard InChI is InChI=1S/C11H22O3/c1-7-5-6-14-10(7)8(2)11(13-4)9(3)12/h7-12H,5-6H2,1-4H3/t7?,8?,9-,10?,11+/m1/s1. The minimum Gasteiger partial charge on any atom is -0.391 e. The Morgan fingerprint density at radius 2 is 2.07 bits per heavy atom. The normalized spacial score (nSPS) is 34.1. The molecule has 0 saturated carbocycles. The summed E-state index contributed by atoms with van der Waals surface area (Å²) in [6.07, 6.45) is 0.784. The van der Waals surface area contributed by atoms with Crippen molar-refractivity contribution in [2.24, 2.45) is 11.8 Å². The molecule has 0 aliphatic carbocycles. The predicted molar refractivity (Wildman–Crippen MR) is 55.2 cm³/mol. The zero-order valence-corrected chi connectivity index (χ0v) is 9.56. The fraction of sp³-hybridized carbons (Fsp3) is 1.00. The molecule has 14 heavy (non-hydrogen) atoms. The van der Waals surface area contributed by atoms with Crippen molar-refractivity contribution in [1.29, 1.82) is 0 Å². The Bertz CT molecular complexity index is 168. The predicted octanol–water partition coefficient (Wildman–Crippen LogP) is 1.44. The average Bonchev–Trinajstić information content (AvgIpc) is 2.51. The topological polar surface area (TPSA) is 38.7 Å². The maximum absolute atomic E-state index is 9.55. The van der Waals surface area contributed by atoms with Crippen molar-refractivity contribution >= 4 is 0 Å². The summed E-state index contributed by atoms with van der Waals surface area (Å²) in [7, 11) is 1.65. The van der Waals surface area contributed by atoms with Crippen LogP contribution in [0.3, 0.4) is 0 Å². The maximum Gasteiger partial charge on any atom is 0.0877 e. The average molecular weight is 202 g/mol. The second kappa shape index (κ2) is 5.10. The zero-order chi connectivity index (χ0) is 10.7. The lowest BCUT2D eigenvalue weighted by Crippen LogP contribution is -2.40. The van der Waals surface area contributed by atoms with Gasteiger partial charge in [0.2, 0.25) is 0 Å². The summed E-state index contributed by atoms with van der Waals surface area (Å²) in [6, 6.07) is 0. The molecule has 5 atom stereocenters. The highest BCUT2D eigenvalue weighted by atomic mass is 16.5. The molecule has 84 valence electrons. The Labute approximate surface area is 86.4 Å². The smallest absolute Gasteiger partial charge is 0.0877 e. The minimum absolute atomic E-state index is 0.124. The van der Waals surface area contributed by atoms with E-state index in [0.29, 0.717) is 5.92 Å². The summed E-state index contributed by atoms with van der Waals surface area (Å²) in [5.74, 6) is 0.818. The first-order valence-corrected chi connectivity index (χ1v) is 5.40. The van der Waals surface area contributed by atoms with Crippen LogP contribution in [0, 0.1) is 11.8 Å². The van der Waals surface area contributed by atoms with E-state index in [-0.39, 0.29) is 18.1 Å². The Morgan fingerprint density at radius 1 is 1.43 bits per heavy atom. The fourth-order valence-corrected chi connectivity index (χ4v) is 2.43. The van der Waals surface area contributed by atoms with Crippen molar-refractivity contribution < 1.29 is 14.6 Å². The van der Waals surface area contributed by atoms with E-state index in [1.54, 1.807) is 14.0 Å². The van der Waals surface area contributed by atoms with Gasteiger partial charge in [-0.3, -0.25) is 0 Å². The monoisotopic (exact) mass is 202 g/mol. The Balaban J connectivity index is 2.57. The summed E-state index contributed by atoms with van der Waals surface area (Å²) < 4.78 is 11.0. The summed E-state index contributed by atoms with van der Waals surface area (Å²) >= 11 is 0. The molecule has 3 nitrogen and oxygen atoms in total. The van der Waals surface area contributed by atoms with Crippen LogP contribution in [-0.4, -0.2) is 37.1 Å². The molecule has 0 bridgehead atoms. The second-order valence-corrected chi connectivity index (χ2v) is 4.40. The van der Waals surface area contributed by atoms with Crippen LogP contribution in [0.1, 0.15) is 27.2 Å². The van der Waals surface area contributed by atoms with Crippen LogP contribution in [0.2, 0.25) is 0 Å². The molecule has 1 aliphatic heterocycles. The molecule has 1 rings (SSSR count). The number of aliphatic hydroxyl groups is 1. The van der Waals surface area contributed by atoms with Crippen LogP contribution < -0.4 is 0 Å². The van der Waals surface area contributed by atoms with E-state index in [9.17, 15) is 5.11 Å². The third-order valence-electron chi connectivity index (χ3n) is 3.23. The highest BCUT2D eigenvalue weighted by Crippen LogP contribution is 2.29. The van der Waals surface area contributed by atoms with Crippen molar-refractivity contribution in [2.75, 3.05) is 13.7 Å². The molecule has 0 aromatic rings. The number of rotatable bonds is 4. The molecule has 0 aromatic heterocycles. The third kappa shape index (κ3) is 2.47. The molecule has 1 fully saturated rings. The lowest BCUT2D eigenvalue weighted by atomic mass is 9.87. The minimum atomic E-state index is -0.439. The quantitative estimate of drug-likeness (QED) is 0.749. The van der Waals surface area contributed by atoms with Gasteiger partial charge in [-0.15, -0.1) is 0 Å². The van der Waals surface area contributed by atoms with Gasteiger partial charge in [0.15, 0.2) is 0 Å². The summed E-state index contributed by atoms with van der Waals surface area (Å²) in [5, 5.41) is 9.55. The Morgan fingerprint density at radius 3 is 2.43 bits per heavy atom. The van der Waals surface area contributed by atoms with Gasteiger partial charge in [0.1, 0.15) is 0 Å². The first-order valence-electron chi connectivity index (χ1n) is 5.40. The lowest BCUT2D eigenvalue weighted by Gasteiger charge is -2.31. The highest BCUT2D eigenvalue weighted by molar-refractivity contribution is 4.84. The molecule has 1 N–H and O–H groups in total. The van der Waals surface area contributed by atoms with Gasteiger partial charge in [-0.25, -0.2) is 0 Å². The molecule has 3 heteroatoms. The first kappa shape index (κ1) is 12.0. The number of hydrogen-bond donors (Lipinski definition) is 1. The van der Waals surface area contributed by atoms with Gasteiger partial charge in [-0.2, -0.15) is 0 Å². The van der Waals surface area contributed by atoms with Gasteiger partial charge >= 0.3 is 0 Å². The molecule has 1 heterocycles. The molecule has 0 amide bonds. The van der Waals surface area contributed by atoms with E-state index >= 15 is 0 Å². The van der Waals surface area contributed by atoms with Crippen molar-refractivity contribution in [1.82, 2.24) is 0 Å². The van der Waals surface area contributed by atoms with E-state index in [2.05, 4.69) is 13.8 Å².